The maximum absolute atomic E-state index is 13.6. The van der Waals surface area contributed by atoms with Crippen LogP contribution in [0.25, 0.3) is 0 Å². The van der Waals surface area contributed by atoms with E-state index in [1.165, 1.54) is 31.2 Å². The minimum Gasteiger partial charge on any atom is -0.449 e. The van der Waals surface area contributed by atoms with Crippen LogP contribution in [0.2, 0.25) is 0 Å². The lowest BCUT2D eigenvalue weighted by atomic mass is 10.2. The van der Waals surface area contributed by atoms with Crippen LogP contribution in [0.5, 0.6) is 0 Å². The number of benzene rings is 2. The van der Waals surface area contributed by atoms with Crippen molar-refractivity contribution in [2.45, 2.75) is 24.3 Å². The fourth-order valence-corrected chi connectivity index (χ4v) is 3.23. The normalized spacial score (nSPS) is 11.9. The molecule has 0 bridgehead atoms. The number of nitriles is 1. The number of hydrogen-bond donors (Lipinski definition) is 2. The number of nitrogens with one attached hydrogen (secondary N) is 2. The summed E-state index contributed by atoms with van der Waals surface area (Å²) in [6.07, 6.45) is -1.30. The maximum Gasteiger partial charge on any atom is 0.338 e. The Morgan fingerprint density at radius 1 is 1.17 bits per heavy atom. The highest BCUT2D eigenvalue weighted by molar-refractivity contribution is 7.89. The number of hydrogen-bond acceptors (Lipinski definition) is 6. The Kier molecular flexibility index (Phi) is 7.57. The van der Waals surface area contributed by atoms with Gasteiger partial charge in [0.1, 0.15) is 11.6 Å². The van der Waals surface area contributed by atoms with Gasteiger partial charge >= 0.3 is 5.97 Å². The van der Waals surface area contributed by atoms with Crippen molar-refractivity contribution in [3.05, 3.63) is 59.7 Å². The van der Waals surface area contributed by atoms with Crippen LogP contribution >= 0.6 is 0 Å². The molecule has 0 spiro atoms. The highest BCUT2D eigenvalue weighted by Gasteiger charge is 2.21. The van der Waals surface area contributed by atoms with Gasteiger partial charge in [-0.15, -0.1) is 0 Å². The number of carbonyl (C=O) groups is 2. The second-order valence-corrected chi connectivity index (χ2v) is 7.76. The zero-order valence-electron chi connectivity index (χ0n) is 15.7. The summed E-state index contributed by atoms with van der Waals surface area (Å²) in [7, 11) is -3.83. The molecule has 0 saturated carbocycles. The lowest BCUT2D eigenvalue weighted by molar-refractivity contribution is -0.123. The van der Waals surface area contributed by atoms with E-state index in [-0.39, 0.29) is 29.1 Å². The fraction of sp³-hybridized carbons (Fsp3) is 0.211. The first-order valence-corrected chi connectivity index (χ1v) is 10.1. The molecule has 30 heavy (non-hydrogen) atoms. The highest BCUT2D eigenvalue weighted by atomic mass is 32.2. The number of carbonyl (C=O) groups excluding carboxylic acids is 2. The Hall–Kier alpha value is -3.36. The molecule has 11 heteroatoms. The second kappa shape index (κ2) is 9.91. The van der Waals surface area contributed by atoms with Crippen LogP contribution < -0.4 is 10.0 Å². The van der Waals surface area contributed by atoms with E-state index in [0.29, 0.717) is 6.07 Å². The van der Waals surface area contributed by atoms with Crippen molar-refractivity contribution in [1.82, 2.24) is 4.72 Å². The summed E-state index contributed by atoms with van der Waals surface area (Å²) in [5.74, 6) is -3.54. The van der Waals surface area contributed by atoms with Crippen molar-refractivity contribution in [3.8, 4) is 6.07 Å². The molecular weight excluding hydrogens is 420 g/mol. The number of esters is 1. The van der Waals surface area contributed by atoms with Gasteiger partial charge in [0.2, 0.25) is 10.0 Å². The number of sulfonamides is 1. The van der Waals surface area contributed by atoms with E-state index in [4.69, 9.17) is 10.00 Å². The summed E-state index contributed by atoms with van der Waals surface area (Å²) in [6, 6.07) is 9.13. The second-order valence-electron chi connectivity index (χ2n) is 5.99. The Bertz CT molecular complexity index is 1080. The van der Waals surface area contributed by atoms with Gasteiger partial charge in [-0.25, -0.2) is 26.7 Å². The molecule has 158 valence electrons. The summed E-state index contributed by atoms with van der Waals surface area (Å²) in [6.45, 7) is 1.20. The van der Waals surface area contributed by atoms with E-state index in [0.717, 1.165) is 12.1 Å². The third-order valence-electron chi connectivity index (χ3n) is 3.77. The lowest BCUT2D eigenvalue weighted by Gasteiger charge is -2.14. The van der Waals surface area contributed by atoms with Crippen LogP contribution in [0.1, 0.15) is 23.7 Å². The summed E-state index contributed by atoms with van der Waals surface area (Å²) in [5, 5.41) is 10.6. The van der Waals surface area contributed by atoms with Crippen molar-refractivity contribution in [2.24, 2.45) is 0 Å². The Labute approximate surface area is 171 Å². The number of anilines is 1. The summed E-state index contributed by atoms with van der Waals surface area (Å²) < 4.78 is 57.8. The zero-order chi connectivity index (χ0) is 22.3. The molecule has 2 aromatic carbocycles. The molecule has 0 fully saturated rings. The monoisotopic (exact) mass is 437 g/mol. The molecule has 0 aliphatic heterocycles. The Balaban J connectivity index is 1.99. The average Bonchev–Trinajstić information content (AvgIpc) is 2.70. The molecule has 0 aliphatic rings. The van der Waals surface area contributed by atoms with Gasteiger partial charge < -0.3 is 10.1 Å². The van der Waals surface area contributed by atoms with E-state index >= 15 is 0 Å². The third-order valence-corrected chi connectivity index (χ3v) is 5.25. The third kappa shape index (κ3) is 6.07. The summed E-state index contributed by atoms with van der Waals surface area (Å²) in [5.41, 5.74) is -0.290. The van der Waals surface area contributed by atoms with Crippen LogP contribution in [0, 0.1) is 23.0 Å². The first kappa shape index (κ1) is 22.9. The van der Waals surface area contributed by atoms with Crippen LogP contribution in [-0.4, -0.2) is 32.9 Å². The first-order chi connectivity index (χ1) is 14.1. The van der Waals surface area contributed by atoms with Gasteiger partial charge in [-0.3, -0.25) is 4.79 Å². The van der Waals surface area contributed by atoms with E-state index < -0.39 is 39.6 Å². The van der Waals surface area contributed by atoms with Crippen LogP contribution in [-0.2, 0) is 19.6 Å². The van der Waals surface area contributed by atoms with Gasteiger partial charge in [-0.2, -0.15) is 5.26 Å². The minimum atomic E-state index is -3.83. The Morgan fingerprint density at radius 2 is 1.83 bits per heavy atom. The number of rotatable bonds is 8. The van der Waals surface area contributed by atoms with Crippen LogP contribution in [0.15, 0.2) is 47.4 Å². The van der Waals surface area contributed by atoms with Crippen molar-refractivity contribution in [2.75, 3.05) is 11.9 Å². The molecule has 1 atom stereocenters. The number of amides is 1. The van der Waals surface area contributed by atoms with E-state index in [1.807, 2.05) is 0 Å². The predicted octanol–water partition coefficient (Wildman–Crippen LogP) is 2.34. The molecular formula is C19H17F2N3O5S. The molecule has 0 radical (unpaired) electrons. The van der Waals surface area contributed by atoms with Crippen molar-refractivity contribution >= 4 is 27.6 Å². The average molecular weight is 437 g/mol. The topological polar surface area (TPSA) is 125 Å². The minimum absolute atomic E-state index is 0.00537. The van der Waals surface area contributed by atoms with Gasteiger partial charge in [-0.05, 0) is 43.3 Å². The van der Waals surface area contributed by atoms with Crippen molar-refractivity contribution < 1.29 is 31.5 Å². The molecule has 1 amide bonds. The van der Waals surface area contributed by atoms with Gasteiger partial charge in [-0.1, -0.05) is 0 Å². The van der Waals surface area contributed by atoms with Crippen LogP contribution in [0.4, 0.5) is 14.5 Å². The molecule has 0 unspecified atom stereocenters. The molecule has 2 rings (SSSR count). The highest BCUT2D eigenvalue weighted by Crippen LogP contribution is 2.16. The molecule has 0 saturated heterocycles. The molecule has 0 aliphatic carbocycles. The van der Waals surface area contributed by atoms with Crippen molar-refractivity contribution in [1.29, 1.82) is 5.26 Å². The maximum atomic E-state index is 13.6. The summed E-state index contributed by atoms with van der Waals surface area (Å²) in [4.78, 5) is 24.1. The van der Waals surface area contributed by atoms with Gasteiger partial charge in [0, 0.05) is 19.0 Å². The largest absolute Gasteiger partial charge is 0.449 e. The quantitative estimate of drug-likeness (QED) is 0.482. The number of nitrogens with zero attached hydrogens (tertiary/aromatic N) is 1. The van der Waals surface area contributed by atoms with Gasteiger partial charge in [0.15, 0.2) is 6.10 Å². The molecule has 2 N–H and O–H groups in total. The van der Waals surface area contributed by atoms with E-state index in [2.05, 4.69) is 10.0 Å². The SMILES string of the molecule is C[C@@H](OC(=O)c1ccc(S(=O)(=O)NCCC#N)cc1)C(=O)Nc1ccc(F)cc1F. The first-order valence-electron chi connectivity index (χ1n) is 8.57. The van der Waals surface area contributed by atoms with E-state index in [9.17, 15) is 26.8 Å². The lowest BCUT2D eigenvalue weighted by Crippen LogP contribution is -2.30. The number of ether oxygens (including phenoxy) is 1. The number of halogens is 2. The molecule has 0 aromatic heterocycles. The van der Waals surface area contributed by atoms with Crippen LogP contribution in [0.3, 0.4) is 0 Å². The predicted molar refractivity (Wildman–Crippen MR) is 102 cm³/mol. The van der Waals surface area contributed by atoms with Crippen molar-refractivity contribution in [3.63, 3.8) is 0 Å². The molecule has 2 aromatic rings. The standard InChI is InChI=1S/C19H17F2N3O5S/c1-12(18(25)24-17-8-5-14(20)11-16(17)21)29-19(26)13-3-6-15(7-4-13)30(27,28)23-10-2-9-22/h3-8,11-12,23H,2,10H2,1H3,(H,24,25)/t12-/m1/s1. The Morgan fingerprint density at radius 3 is 2.43 bits per heavy atom. The van der Waals surface area contributed by atoms with Gasteiger partial charge in [0.05, 0.1) is 22.2 Å². The fourth-order valence-electron chi connectivity index (χ4n) is 2.20. The zero-order valence-corrected chi connectivity index (χ0v) is 16.5. The molecule has 0 heterocycles. The molecule has 8 nitrogen and oxygen atoms in total. The van der Waals surface area contributed by atoms with E-state index in [1.54, 1.807) is 6.07 Å². The smallest absolute Gasteiger partial charge is 0.338 e. The summed E-state index contributed by atoms with van der Waals surface area (Å²) >= 11 is 0. The van der Waals surface area contributed by atoms with Gasteiger partial charge in [0.25, 0.3) is 5.91 Å².